The molecule has 3 heterocycles. The predicted molar refractivity (Wildman–Crippen MR) is 150 cm³/mol. The molecule has 2 aromatic carbocycles. The van der Waals surface area contributed by atoms with Crippen molar-refractivity contribution in [3.63, 3.8) is 0 Å². The van der Waals surface area contributed by atoms with Crippen molar-refractivity contribution in [2.75, 3.05) is 14.2 Å². The Morgan fingerprint density at radius 3 is 1.03 bits per heavy atom. The highest BCUT2D eigenvalue weighted by atomic mass is 16.2. The van der Waals surface area contributed by atoms with Gasteiger partial charge in [-0.15, -0.1) is 0 Å². The number of aromatic amines is 2. The number of benzene rings is 2. The van der Waals surface area contributed by atoms with E-state index < -0.39 is 0 Å². The number of aliphatic hydroxyl groups excluding tert-OH is 2. The number of H-pyrrole nitrogens is 2. The summed E-state index contributed by atoms with van der Waals surface area (Å²) >= 11 is 0. The van der Waals surface area contributed by atoms with E-state index in [9.17, 15) is 0 Å². The summed E-state index contributed by atoms with van der Waals surface area (Å²) in [5, 5.41) is 18.7. The van der Waals surface area contributed by atoms with E-state index in [1.807, 2.05) is 0 Å². The summed E-state index contributed by atoms with van der Waals surface area (Å²) in [6.07, 6.45) is 8.71. The van der Waals surface area contributed by atoms with E-state index in [1.165, 1.54) is 21.5 Å². The molecule has 0 spiro atoms. The minimum absolute atomic E-state index is 0.273. The Hall–Kier alpha value is -3.36. The molecule has 8 heteroatoms. The van der Waals surface area contributed by atoms with Crippen molar-refractivity contribution in [2.45, 2.75) is 75.5 Å². The van der Waals surface area contributed by atoms with Crippen molar-refractivity contribution >= 4 is 21.5 Å². The van der Waals surface area contributed by atoms with Gasteiger partial charge >= 0.3 is 0 Å². The second-order valence-electron chi connectivity index (χ2n) is 10.2. The Bertz CT molecular complexity index is 1390. The van der Waals surface area contributed by atoms with Crippen molar-refractivity contribution in [2.24, 2.45) is 20.0 Å². The fourth-order valence-electron chi connectivity index (χ4n) is 6.17. The van der Waals surface area contributed by atoms with Gasteiger partial charge in [0.1, 0.15) is 22.0 Å². The van der Waals surface area contributed by atoms with Crippen LogP contribution in [-0.2, 0) is 0 Å². The lowest BCUT2D eigenvalue weighted by atomic mass is 9.91. The van der Waals surface area contributed by atoms with Gasteiger partial charge in [0.25, 0.3) is 0 Å². The molecule has 0 unspecified atom stereocenters. The number of hydrogen-bond acceptors (Lipinski definition) is 6. The Kier molecular flexibility index (Phi) is 8.29. The third-order valence-corrected chi connectivity index (χ3v) is 7.83. The van der Waals surface area contributed by atoms with E-state index in [2.05, 4.69) is 58.5 Å². The van der Waals surface area contributed by atoms with E-state index >= 15 is 0 Å². The topological polar surface area (TPSA) is 121 Å². The van der Waals surface area contributed by atoms with Crippen LogP contribution in [0.2, 0.25) is 0 Å². The zero-order valence-electron chi connectivity index (χ0n) is 22.3. The maximum Gasteiger partial charge on any atom is 0.134 e. The molecule has 0 radical (unpaired) electrons. The van der Waals surface area contributed by atoms with Crippen LogP contribution >= 0.6 is 0 Å². The maximum atomic E-state index is 7.00. The number of nitrogens with one attached hydrogen (secondary N) is 2. The minimum Gasteiger partial charge on any atom is -0.400 e. The van der Waals surface area contributed by atoms with Gasteiger partial charge in [0.15, 0.2) is 0 Å². The third-order valence-electron chi connectivity index (χ3n) is 7.83. The van der Waals surface area contributed by atoms with Crippen LogP contribution in [0.15, 0.2) is 68.5 Å². The van der Waals surface area contributed by atoms with Crippen LogP contribution in [-0.4, -0.2) is 58.6 Å². The molecule has 4 N–H and O–H groups in total. The van der Waals surface area contributed by atoms with Crippen molar-refractivity contribution in [1.29, 1.82) is 0 Å². The second kappa shape index (κ2) is 12.0. The predicted octanol–water partition coefficient (Wildman–Crippen LogP) is 2.68. The first-order valence-electron chi connectivity index (χ1n) is 13.7. The summed E-state index contributed by atoms with van der Waals surface area (Å²) in [7, 11) is 2.00. The average Bonchev–Trinajstić information content (AvgIpc) is 3.49. The highest BCUT2D eigenvalue weighted by Crippen LogP contribution is 2.25. The van der Waals surface area contributed by atoms with Crippen molar-refractivity contribution < 1.29 is 10.2 Å². The van der Waals surface area contributed by atoms with Crippen molar-refractivity contribution in [3.05, 3.63) is 70.5 Å². The van der Waals surface area contributed by atoms with Gasteiger partial charge in [0, 0.05) is 35.8 Å². The minimum atomic E-state index is 0.273. The largest absolute Gasteiger partial charge is 0.400 e. The number of rotatable bonds is 0. The molecule has 38 heavy (non-hydrogen) atoms. The van der Waals surface area contributed by atoms with Gasteiger partial charge in [-0.1, -0.05) is 48.5 Å². The fraction of sp³-hybridized carbons (Fsp3) is 0.467. The second-order valence-corrected chi connectivity index (χ2v) is 10.2. The Morgan fingerprint density at radius 1 is 0.500 bits per heavy atom. The third kappa shape index (κ3) is 5.28. The van der Waals surface area contributed by atoms with Gasteiger partial charge in [-0.05, 0) is 51.4 Å². The zero-order valence-corrected chi connectivity index (χ0v) is 22.3. The first-order valence-corrected chi connectivity index (χ1v) is 13.7. The van der Waals surface area contributed by atoms with E-state index in [4.69, 9.17) is 30.2 Å². The molecule has 2 fully saturated rings. The van der Waals surface area contributed by atoms with Crippen LogP contribution < -0.4 is 22.0 Å². The standard InChI is InChI=1S/C28H30N6.2CH4O/c1-2-12-22-21(11-1)25-29-17-7-5-9-19(15-17)31-27-23-13-3-4-14-24(23)28(34-27)32-20-10-6-8-18(16-20)30-26(22)33-25;2*1-2/h1-4,11-14,17-20H,5-10,15-16H2,(H,29,30,33)(H,31,32,34);2*2H,1H3/t17-,18+,19+,20-;;. The number of hydrogen-bond donors (Lipinski definition) is 4. The van der Waals surface area contributed by atoms with Crippen LogP contribution in [0.1, 0.15) is 51.4 Å². The molecule has 7 rings (SSSR count). The molecule has 2 aromatic heterocycles. The number of fused-ring (bicyclic) bond motifs is 14. The first-order chi connectivity index (χ1) is 18.8. The van der Waals surface area contributed by atoms with Crippen LogP contribution in [0.3, 0.4) is 0 Å². The van der Waals surface area contributed by atoms with Crippen LogP contribution in [0.5, 0.6) is 0 Å². The first kappa shape index (κ1) is 26.3. The molecule has 8 bridgehead atoms. The van der Waals surface area contributed by atoms with Gasteiger partial charge < -0.3 is 20.2 Å². The van der Waals surface area contributed by atoms with Crippen LogP contribution in [0.4, 0.5) is 0 Å². The summed E-state index contributed by atoms with van der Waals surface area (Å²) in [6.45, 7) is 0. The molecule has 8 nitrogen and oxygen atoms in total. The number of aromatic nitrogens is 2. The lowest BCUT2D eigenvalue weighted by Gasteiger charge is -2.23. The van der Waals surface area contributed by atoms with Gasteiger partial charge in [-0.3, -0.25) is 20.0 Å². The SMILES string of the molecule is CO.CO.c1ccc2c3[nH]c(c2c1)=N[C@@H]1CCC[C@@H](C1)N=c1[nH]c(c2ccccc12)=N[C@@H]1CCC[C@@H](C1)N=3. The highest BCUT2D eigenvalue weighted by Gasteiger charge is 2.24. The van der Waals surface area contributed by atoms with E-state index in [-0.39, 0.29) is 24.2 Å². The summed E-state index contributed by atoms with van der Waals surface area (Å²) < 4.78 is 0. The van der Waals surface area contributed by atoms with E-state index in [0.717, 1.165) is 87.5 Å². The molecular formula is C30H38N6O2. The normalized spacial score (nSPS) is 24.3. The molecule has 0 amide bonds. The molecule has 200 valence electrons. The zero-order chi connectivity index (χ0) is 26.5. The van der Waals surface area contributed by atoms with E-state index in [0.29, 0.717) is 0 Å². The summed E-state index contributed by atoms with van der Waals surface area (Å²) in [6, 6.07) is 18.2. The van der Waals surface area contributed by atoms with Gasteiger partial charge in [0.2, 0.25) is 0 Å². The van der Waals surface area contributed by atoms with Gasteiger partial charge in [0.05, 0.1) is 24.2 Å². The van der Waals surface area contributed by atoms with Crippen molar-refractivity contribution in [3.8, 4) is 0 Å². The molecule has 2 saturated carbocycles. The summed E-state index contributed by atoms with van der Waals surface area (Å²) in [4.78, 5) is 28.1. The molecule has 1 aliphatic heterocycles. The van der Waals surface area contributed by atoms with Gasteiger partial charge in [-0.2, -0.15) is 0 Å². The molecule has 3 aliphatic rings. The average molecular weight is 515 g/mol. The van der Waals surface area contributed by atoms with Crippen molar-refractivity contribution in [1.82, 2.24) is 9.97 Å². The van der Waals surface area contributed by atoms with E-state index in [1.54, 1.807) is 0 Å². The molecular weight excluding hydrogens is 476 g/mol. The summed E-state index contributed by atoms with van der Waals surface area (Å²) in [5.74, 6) is 0. The number of aliphatic hydroxyl groups is 2. The molecule has 4 aromatic rings. The smallest absolute Gasteiger partial charge is 0.134 e. The number of nitrogens with zero attached hydrogens (tertiary/aromatic N) is 4. The lowest BCUT2D eigenvalue weighted by Crippen LogP contribution is -2.28. The lowest BCUT2D eigenvalue weighted by molar-refractivity contribution is 0.382. The summed E-state index contributed by atoms with van der Waals surface area (Å²) in [5.41, 5.74) is 3.93. The molecule has 2 aliphatic carbocycles. The quantitative estimate of drug-likeness (QED) is 0.288. The molecule has 0 saturated heterocycles. The van der Waals surface area contributed by atoms with Gasteiger partial charge in [-0.25, -0.2) is 0 Å². The monoisotopic (exact) mass is 514 g/mol. The molecule has 4 atom stereocenters. The Morgan fingerprint density at radius 2 is 0.763 bits per heavy atom. The highest BCUT2D eigenvalue weighted by molar-refractivity contribution is 5.81. The van der Waals surface area contributed by atoms with Crippen LogP contribution in [0, 0.1) is 0 Å². The fourth-order valence-corrected chi connectivity index (χ4v) is 6.17. The maximum absolute atomic E-state index is 7.00. The Labute approximate surface area is 222 Å². The van der Waals surface area contributed by atoms with Crippen LogP contribution in [0.25, 0.3) is 21.5 Å². The Balaban J connectivity index is 0.000000704.